The van der Waals surface area contributed by atoms with Crippen molar-refractivity contribution in [3.05, 3.63) is 29.8 Å². The number of carboxylic acid groups (broad SMARTS) is 1. The van der Waals surface area contributed by atoms with E-state index in [4.69, 9.17) is 19.1 Å². The molecule has 0 heterocycles. The molecule has 0 saturated heterocycles. The summed E-state index contributed by atoms with van der Waals surface area (Å²) in [5.74, 6) is -2.10. The first kappa shape index (κ1) is 19.7. The van der Waals surface area contributed by atoms with E-state index in [1.54, 1.807) is 12.1 Å². The van der Waals surface area contributed by atoms with E-state index in [-0.39, 0.29) is 5.75 Å². The predicted octanol–water partition coefficient (Wildman–Crippen LogP) is 1.41. The summed E-state index contributed by atoms with van der Waals surface area (Å²) < 4.78 is 41.6. The monoisotopic (exact) mass is 358 g/mol. The number of carboxylic acids is 1. The molecule has 0 aromatic heterocycles. The van der Waals surface area contributed by atoms with Gasteiger partial charge in [-0.2, -0.15) is 8.42 Å². The van der Waals surface area contributed by atoms with Crippen LogP contribution in [0.15, 0.2) is 24.3 Å². The molecule has 1 unspecified atom stereocenters. The third-order valence-electron chi connectivity index (χ3n) is 3.00. The van der Waals surface area contributed by atoms with E-state index < -0.39 is 40.1 Å². The molecule has 0 amide bonds. The molecule has 0 spiro atoms. The van der Waals surface area contributed by atoms with Gasteiger partial charge in [0.05, 0.1) is 13.5 Å². The SMILES string of the molecule is C/C=C/c1ccc(OCC(=O)C(CC(=O)O)S(=O)(=O)O)c(OC)c1. The van der Waals surface area contributed by atoms with Gasteiger partial charge in [0.1, 0.15) is 6.61 Å². The van der Waals surface area contributed by atoms with E-state index in [1.807, 2.05) is 19.1 Å². The molecule has 24 heavy (non-hydrogen) atoms. The first-order valence-corrected chi connectivity index (χ1v) is 8.33. The summed E-state index contributed by atoms with van der Waals surface area (Å²) in [6.45, 7) is 1.12. The normalized spacial score (nSPS) is 12.8. The van der Waals surface area contributed by atoms with Gasteiger partial charge in [-0.15, -0.1) is 0 Å². The maximum Gasteiger partial charge on any atom is 0.305 e. The molecule has 1 atom stereocenters. The van der Waals surface area contributed by atoms with Gasteiger partial charge < -0.3 is 14.6 Å². The quantitative estimate of drug-likeness (QED) is 0.634. The average molecular weight is 358 g/mol. The molecule has 0 radical (unpaired) electrons. The molecule has 0 fully saturated rings. The van der Waals surface area contributed by atoms with Crippen LogP contribution < -0.4 is 9.47 Å². The Balaban J connectivity index is 2.90. The molecular formula is C15H18O8S. The average Bonchev–Trinajstić information content (AvgIpc) is 2.50. The number of Topliss-reactive ketones (excluding diaryl/α,β-unsaturated/α-hetero) is 1. The second kappa shape index (κ2) is 8.46. The van der Waals surface area contributed by atoms with Gasteiger partial charge in [0.2, 0.25) is 0 Å². The van der Waals surface area contributed by atoms with E-state index in [0.717, 1.165) is 5.56 Å². The van der Waals surface area contributed by atoms with Crippen molar-refractivity contribution in [2.75, 3.05) is 13.7 Å². The minimum atomic E-state index is -4.84. The molecule has 1 aromatic carbocycles. The predicted molar refractivity (Wildman–Crippen MR) is 85.8 cm³/mol. The van der Waals surface area contributed by atoms with Crippen LogP contribution in [0, 0.1) is 0 Å². The molecule has 132 valence electrons. The van der Waals surface area contributed by atoms with Crippen molar-refractivity contribution in [1.29, 1.82) is 0 Å². The Kier molecular flexibility index (Phi) is 6.93. The Morgan fingerprint density at radius 2 is 1.96 bits per heavy atom. The van der Waals surface area contributed by atoms with Gasteiger partial charge in [0.25, 0.3) is 10.1 Å². The fourth-order valence-electron chi connectivity index (χ4n) is 1.89. The maximum atomic E-state index is 11.9. The standard InChI is InChI=1S/C15H18O8S/c1-3-4-10-5-6-12(13(7-10)22-2)23-9-11(16)14(8-15(17)18)24(19,20)21/h3-7,14H,8-9H2,1-2H3,(H,17,18)(H,19,20,21)/b4-3+. The molecule has 0 aliphatic rings. The molecule has 1 rings (SSSR count). The van der Waals surface area contributed by atoms with E-state index in [1.165, 1.54) is 13.2 Å². The molecule has 9 heteroatoms. The molecular weight excluding hydrogens is 340 g/mol. The number of hydrogen-bond donors (Lipinski definition) is 2. The summed E-state index contributed by atoms with van der Waals surface area (Å²) in [7, 11) is -3.45. The van der Waals surface area contributed by atoms with Gasteiger partial charge in [-0.25, -0.2) is 0 Å². The van der Waals surface area contributed by atoms with Crippen LogP contribution in [0.25, 0.3) is 6.08 Å². The minimum absolute atomic E-state index is 0.184. The maximum absolute atomic E-state index is 11.9. The van der Waals surface area contributed by atoms with Crippen LogP contribution in [-0.2, 0) is 19.7 Å². The molecule has 8 nitrogen and oxygen atoms in total. The van der Waals surface area contributed by atoms with Crippen LogP contribution in [0.5, 0.6) is 11.5 Å². The van der Waals surface area contributed by atoms with Crippen molar-refractivity contribution in [2.24, 2.45) is 0 Å². The van der Waals surface area contributed by atoms with Gasteiger partial charge in [-0.3, -0.25) is 14.1 Å². The van der Waals surface area contributed by atoms with Crippen LogP contribution in [0.3, 0.4) is 0 Å². The van der Waals surface area contributed by atoms with Gasteiger partial charge in [0.15, 0.2) is 22.5 Å². The number of benzene rings is 1. The number of carbonyl (C=O) groups excluding carboxylic acids is 1. The van der Waals surface area contributed by atoms with Crippen LogP contribution >= 0.6 is 0 Å². The molecule has 0 bridgehead atoms. The Bertz CT molecular complexity index is 736. The third kappa shape index (κ3) is 5.67. The number of carbonyl (C=O) groups is 2. The van der Waals surface area contributed by atoms with Crippen LogP contribution in [0.1, 0.15) is 18.9 Å². The Hall–Kier alpha value is -2.39. The van der Waals surface area contributed by atoms with Crippen molar-refractivity contribution < 1.29 is 37.1 Å². The largest absolute Gasteiger partial charge is 0.493 e. The lowest BCUT2D eigenvalue weighted by Crippen LogP contribution is -2.35. The smallest absolute Gasteiger partial charge is 0.305 e. The summed E-state index contributed by atoms with van der Waals surface area (Å²) in [6.07, 6.45) is 2.60. The summed E-state index contributed by atoms with van der Waals surface area (Å²) in [6, 6.07) is 4.87. The summed E-state index contributed by atoms with van der Waals surface area (Å²) in [4.78, 5) is 22.5. The molecule has 0 aliphatic heterocycles. The second-order valence-corrected chi connectivity index (χ2v) is 6.37. The number of methoxy groups -OCH3 is 1. The molecule has 2 N–H and O–H groups in total. The van der Waals surface area contributed by atoms with Gasteiger partial charge in [-0.1, -0.05) is 18.2 Å². The highest BCUT2D eigenvalue weighted by atomic mass is 32.2. The molecule has 1 aromatic rings. The van der Waals surface area contributed by atoms with Crippen molar-refractivity contribution in [2.45, 2.75) is 18.6 Å². The third-order valence-corrected chi connectivity index (χ3v) is 4.14. The summed E-state index contributed by atoms with van der Waals surface area (Å²) >= 11 is 0. The lowest BCUT2D eigenvalue weighted by Gasteiger charge is -2.13. The second-order valence-electron chi connectivity index (χ2n) is 4.77. The highest BCUT2D eigenvalue weighted by Crippen LogP contribution is 2.28. The van der Waals surface area contributed by atoms with Crippen molar-refractivity contribution in [1.82, 2.24) is 0 Å². The van der Waals surface area contributed by atoms with Crippen LogP contribution in [0.2, 0.25) is 0 Å². The van der Waals surface area contributed by atoms with Gasteiger partial charge in [0, 0.05) is 0 Å². The fraction of sp³-hybridized carbons (Fsp3) is 0.333. The minimum Gasteiger partial charge on any atom is -0.493 e. The van der Waals surface area contributed by atoms with E-state index >= 15 is 0 Å². The first-order valence-electron chi connectivity index (χ1n) is 6.83. The zero-order valence-electron chi connectivity index (χ0n) is 13.1. The van der Waals surface area contributed by atoms with Crippen LogP contribution in [-0.4, -0.2) is 48.8 Å². The number of ether oxygens (including phenoxy) is 2. The first-order chi connectivity index (χ1) is 11.2. The lowest BCUT2D eigenvalue weighted by molar-refractivity contribution is -0.138. The Labute approximate surface area is 139 Å². The highest BCUT2D eigenvalue weighted by Gasteiger charge is 2.33. The van der Waals surface area contributed by atoms with Crippen molar-refractivity contribution in [3.63, 3.8) is 0 Å². The van der Waals surface area contributed by atoms with Gasteiger partial charge in [-0.05, 0) is 24.6 Å². The zero-order valence-corrected chi connectivity index (χ0v) is 13.9. The zero-order chi connectivity index (χ0) is 18.3. The van der Waals surface area contributed by atoms with E-state index in [0.29, 0.717) is 5.75 Å². The number of aliphatic carboxylic acids is 1. The van der Waals surface area contributed by atoms with Crippen molar-refractivity contribution in [3.8, 4) is 11.5 Å². The molecule has 0 aliphatic carbocycles. The number of rotatable bonds is 9. The fourth-order valence-corrected chi connectivity index (χ4v) is 2.64. The number of allylic oxidation sites excluding steroid dienone is 1. The van der Waals surface area contributed by atoms with E-state index in [9.17, 15) is 18.0 Å². The molecule has 0 saturated carbocycles. The highest BCUT2D eigenvalue weighted by molar-refractivity contribution is 7.87. The number of hydrogen-bond acceptors (Lipinski definition) is 6. The summed E-state index contributed by atoms with van der Waals surface area (Å²) in [5.41, 5.74) is 0.828. The van der Waals surface area contributed by atoms with Crippen LogP contribution in [0.4, 0.5) is 0 Å². The lowest BCUT2D eigenvalue weighted by atomic mass is 10.2. The van der Waals surface area contributed by atoms with Gasteiger partial charge >= 0.3 is 5.97 Å². The topological polar surface area (TPSA) is 127 Å². The van der Waals surface area contributed by atoms with E-state index in [2.05, 4.69) is 0 Å². The number of ketones is 1. The van der Waals surface area contributed by atoms with Crippen molar-refractivity contribution >= 4 is 27.9 Å². The Morgan fingerprint density at radius 1 is 1.29 bits per heavy atom. The summed E-state index contributed by atoms with van der Waals surface area (Å²) in [5, 5.41) is 6.57. The Morgan fingerprint density at radius 3 is 2.46 bits per heavy atom.